The lowest BCUT2D eigenvalue weighted by molar-refractivity contribution is -0.141. The van der Waals surface area contributed by atoms with Crippen LogP contribution in [0, 0.1) is 18.3 Å². The summed E-state index contributed by atoms with van der Waals surface area (Å²) in [5.41, 5.74) is 0.758. The van der Waals surface area contributed by atoms with Crippen molar-refractivity contribution in [1.82, 2.24) is 0 Å². The third-order valence-electron chi connectivity index (χ3n) is 5.52. The topological polar surface area (TPSA) is 85.6 Å². The molecule has 1 aromatic rings. The second-order valence-corrected chi connectivity index (χ2v) is 7.35. The minimum Gasteiger partial charge on any atom is -0.490 e. The molecule has 2 rings (SSSR count). The Morgan fingerprint density at radius 1 is 1.11 bits per heavy atom. The summed E-state index contributed by atoms with van der Waals surface area (Å²) in [6.45, 7) is 1.98. The molecular formula is C22H29NO5. The molecule has 0 N–H and O–H groups in total. The van der Waals surface area contributed by atoms with E-state index in [-0.39, 0.29) is 43.7 Å². The Hall–Kier alpha value is -2.55. The van der Waals surface area contributed by atoms with Gasteiger partial charge in [-0.2, -0.15) is 5.26 Å². The van der Waals surface area contributed by atoms with Crippen molar-refractivity contribution in [3.63, 3.8) is 0 Å². The number of esters is 2. The molecule has 152 valence electrons. The monoisotopic (exact) mass is 387 g/mol. The van der Waals surface area contributed by atoms with E-state index < -0.39 is 5.41 Å². The molecule has 0 spiro atoms. The summed E-state index contributed by atoms with van der Waals surface area (Å²) in [6, 6.07) is 8.07. The number of aryl methyl sites for hydroxylation is 1. The Balaban J connectivity index is 2.32. The van der Waals surface area contributed by atoms with E-state index in [1.807, 2.05) is 25.1 Å². The van der Waals surface area contributed by atoms with Gasteiger partial charge in [0.05, 0.1) is 31.8 Å². The summed E-state index contributed by atoms with van der Waals surface area (Å²) in [5, 5.41) is 10.1. The minimum absolute atomic E-state index is 0.0952. The molecule has 0 unspecified atom stereocenters. The molecule has 1 aliphatic rings. The van der Waals surface area contributed by atoms with Gasteiger partial charge in [-0.15, -0.1) is 0 Å². The molecule has 1 aliphatic carbocycles. The van der Waals surface area contributed by atoms with Crippen molar-refractivity contribution in [3.8, 4) is 11.8 Å². The van der Waals surface area contributed by atoms with E-state index in [2.05, 4.69) is 6.07 Å². The Morgan fingerprint density at radius 2 is 1.68 bits per heavy atom. The van der Waals surface area contributed by atoms with Crippen LogP contribution in [0.25, 0.3) is 0 Å². The third-order valence-corrected chi connectivity index (χ3v) is 5.52. The lowest BCUT2D eigenvalue weighted by atomic mass is 9.74. The van der Waals surface area contributed by atoms with Gasteiger partial charge in [-0.1, -0.05) is 12.1 Å². The molecule has 0 aromatic heterocycles. The molecule has 1 aromatic carbocycles. The van der Waals surface area contributed by atoms with Gasteiger partial charge in [0.1, 0.15) is 5.75 Å². The van der Waals surface area contributed by atoms with Crippen molar-refractivity contribution in [2.24, 2.45) is 0 Å². The van der Waals surface area contributed by atoms with Gasteiger partial charge in [-0.05, 0) is 62.6 Å². The Labute approximate surface area is 166 Å². The SMILES string of the molecule is COC(=O)CCC(C#N)(CCC(=O)OC)c1ccc(C)c(OC2CCCC2)c1. The van der Waals surface area contributed by atoms with Crippen LogP contribution in [0.5, 0.6) is 5.75 Å². The maximum absolute atomic E-state index is 11.7. The Bertz CT molecular complexity index is 711. The molecule has 0 atom stereocenters. The van der Waals surface area contributed by atoms with Crippen LogP contribution < -0.4 is 4.74 Å². The number of carbonyl (C=O) groups excluding carboxylic acids is 2. The molecule has 0 aliphatic heterocycles. The first kappa shape index (κ1) is 21.7. The van der Waals surface area contributed by atoms with Gasteiger partial charge in [0.15, 0.2) is 0 Å². The number of rotatable bonds is 9. The van der Waals surface area contributed by atoms with Crippen LogP contribution in [0.4, 0.5) is 0 Å². The van der Waals surface area contributed by atoms with Gasteiger partial charge < -0.3 is 14.2 Å². The summed E-state index contributed by atoms with van der Waals surface area (Å²) >= 11 is 0. The molecule has 1 fully saturated rings. The first-order valence-corrected chi connectivity index (χ1v) is 9.77. The number of benzene rings is 1. The maximum atomic E-state index is 11.7. The second-order valence-electron chi connectivity index (χ2n) is 7.35. The maximum Gasteiger partial charge on any atom is 0.305 e. The number of ether oxygens (including phenoxy) is 3. The lowest BCUT2D eigenvalue weighted by Crippen LogP contribution is -2.27. The first-order valence-electron chi connectivity index (χ1n) is 9.77. The van der Waals surface area contributed by atoms with E-state index in [4.69, 9.17) is 14.2 Å². The van der Waals surface area contributed by atoms with Gasteiger partial charge in [0.25, 0.3) is 0 Å². The zero-order chi connectivity index (χ0) is 20.6. The van der Waals surface area contributed by atoms with E-state index >= 15 is 0 Å². The highest BCUT2D eigenvalue weighted by molar-refractivity contribution is 5.70. The van der Waals surface area contributed by atoms with E-state index in [1.54, 1.807) is 0 Å². The number of methoxy groups -OCH3 is 2. The summed E-state index contributed by atoms with van der Waals surface area (Å²) in [4.78, 5) is 23.4. The quantitative estimate of drug-likeness (QED) is 0.596. The van der Waals surface area contributed by atoms with Crippen molar-refractivity contribution < 1.29 is 23.8 Å². The van der Waals surface area contributed by atoms with Gasteiger partial charge in [0, 0.05) is 12.8 Å². The highest BCUT2D eigenvalue weighted by Gasteiger charge is 2.34. The third kappa shape index (κ3) is 5.48. The molecule has 0 heterocycles. The van der Waals surface area contributed by atoms with Crippen LogP contribution >= 0.6 is 0 Å². The summed E-state index contributed by atoms with van der Waals surface area (Å²) in [6.07, 6.45) is 5.34. The molecule has 0 bridgehead atoms. The zero-order valence-electron chi connectivity index (χ0n) is 17.0. The predicted molar refractivity (Wildman–Crippen MR) is 104 cm³/mol. The minimum atomic E-state index is -0.996. The molecule has 0 amide bonds. The van der Waals surface area contributed by atoms with Crippen LogP contribution in [0.3, 0.4) is 0 Å². The Kier molecular flexibility index (Phi) is 7.86. The number of hydrogen-bond acceptors (Lipinski definition) is 6. The molecule has 0 saturated heterocycles. The average Bonchev–Trinajstić information content (AvgIpc) is 3.22. The number of nitrogens with zero attached hydrogens (tertiary/aromatic N) is 1. The zero-order valence-corrected chi connectivity index (χ0v) is 17.0. The average molecular weight is 387 g/mol. The molecule has 0 radical (unpaired) electrons. The van der Waals surface area contributed by atoms with Crippen LogP contribution in [0.15, 0.2) is 18.2 Å². The smallest absolute Gasteiger partial charge is 0.305 e. The van der Waals surface area contributed by atoms with Crippen LogP contribution in [0.2, 0.25) is 0 Å². The lowest BCUT2D eigenvalue weighted by Gasteiger charge is -2.28. The van der Waals surface area contributed by atoms with Gasteiger partial charge >= 0.3 is 11.9 Å². The molecule has 1 saturated carbocycles. The normalized spacial score (nSPS) is 14.4. The van der Waals surface area contributed by atoms with Crippen LogP contribution in [-0.2, 0) is 24.5 Å². The Morgan fingerprint density at radius 3 is 2.18 bits per heavy atom. The second kappa shape index (κ2) is 10.1. The summed E-state index contributed by atoms with van der Waals surface area (Å²) in [7, 11) is 2.65. The van der Waals surface area contributed by atoms with Crippen molar-refractivity contribution >= 4 is 11.9 Å². The van der Waals surface area contributed by atoms with Gasteiger partial charge in [-0.3, -0.25) is 9.59 Å². The van der Waals surface area contributed by atoms with Crippen molar-refractivity contribution in [3.05, 3.63) is 29.3 Å². The van der Waals surface area contributed by atoms with Crippen molar-refractivity contribution in [2.75, 3.05) is 14.2 Å². The fourth-order valence-electron chi connectivity index (χ4n) is 3.64. The van der Waals surface area contributed by atoms with E-state index in [0.29, 0.717) is 0 Å². The van der Waals surface area contributed by atoms with Crippen LogP contribution in [0.1, 0.15) is 62.5 Å². The van der Waals surface area contributed by atoms with E-state index in [0.717, 1.165) is 29.7 Å². The number of hydrogen-bond donors (Lipinski definition) is 0. The highest BCUT2D eigenvalue weighted by atomic mass is 16.5. The number of nitriles is 1. The predicted octanol–water partition coefficient (Wildman–Crippen LogP) is 3.98. The summed E-state index contributed by atoms with van der Waals surface area (Å²) in [5.74, 6) is -0.000344. The molecule has 6 nitrogen and oxygen atoms in total. The molecular weight excluding hydrogens is 358 g/mol. The fraction of sp³-hybridized carbons (Fsp3) is 0.591. The number of carbonyl (C=O) groups is 2. The summed E-state index contributed by atoms with van der Waals surface area (Å²) < 4.78 is 15.7. The van der Waals surface area contributed by atoms with E-state index in [1.165, 1.54) is 27.1 Å². The molecule has 28 heavy (non-hydrogen) atoms. The van der Waals surface area contributed by atoms with Gasteiger partial charge in [-0.25, -0.2) is 0 Å². The van der Waals surface area contributed by atoms with Crippen molar-refractivity contribution in [1.29, 1.82) is 5.26 Å². The molecule has 6 heteroatoms. The largest absolute Gasteiger partial charge is 0.490 e. The van der Waals surface area contributed by atoms with Gasteiger partial charge in [0.2, 0.25) is 0 Å². The highest BCUT2D eigenvalue weighted by Crippen LogP contribution is 2.37. The van der Waals surface area contributed by atoms with E-state index in [9.17, 15) is 14.9 Å². The first-order chi connectivity index (χ1) is 13.4. The fourth-order valence-corrected chi connectivity index (χ4v) is 3.64. The standard InChI is InChI=1S/C22H29NO5/c1-16-8-9-17(14-19(16)28-18-6-4-5-7-18)22(15-23,12-10-20(24)26-2)13-11-21(25)27-3/h8-9,14,18H,4-7,10-13H2,1-3H3. The van der Waals surface area contributed by atoms with Crippen molar-refractivity contribution in [2.45, 2.75) is 69.8 Å². The van der Waals surface area contributed by atoms with Crippen LogP contribution in [-0.4, -0.2) is 32.3 Å².